The number of carbonyl (C=O) groups is 1. The molecule has 0 aromatic carbocycles. The highest BCUT2D eigenvalue weighted by Gasteiger charge is 2.34. The summed E-state index contributed by atoms with van der Waals surface area (Å²) in [6, 6.07) is 1.24. The van der Waals surface area contributed by atoms with Gasteiger partial charge in [0.25, 0.3) is 0 Å². The van der Waals surface area contributed by atoms with E-state index < -0.39 is 17.8 Å². The second kappa shape index (κ2) is 4.86. The van der Waals surface area contributed by atoms with E-state index in [1.807, 2.05) is 0 Å². The van der Waals surface area contributed by atoms with Crippen LogP contribution in [-0.2, 0) is 17.5 Å². The number of carbonyl (C=O) groups excluding carboxylic acids is 1. The average Bonchev–Trinajstić information content (AvgIpc) is 3.01. The van der Waals surface area contributed by atoms with Gasteiger partial charge in [-0.15, -0.1) is 0 Å². The first kappa shape index (κ1) is 13.9. The predicted molar refractivity (Wildman–Crippen MR) is 62.3 cm³/mol. The molecule has 1 saturated carbocycles. The van der Waals surface area contributed by atoms with E-state index in [1.54, 1.807) is 13.8 Å². The fourth-order valence-corrected chi connectivity index (χ4v) is 1.75. The molecule has 1 aliphatic carbocycles. The molecule has 1 amide bonds. The topological polar surface area (TPSA) is 46.9 Å². The summed E-state index contributed by atoms with van der Waals surface area (Å²) in [6.07, 6.45) is -2.48. The predicted octanol–water partition coefficient (Wildman–Crippen LogP) is 2.13. The second-order valence-corrected chi connectivity index (χ2v) is 5.03. The molecule has 7 heteroatoms. The lowest BCUT2D eigenvalue weighted by molar-refractivity contribution is -0.141. The van der Waals surface area contributed by atoms with E-state index in [0.29, 0.717) is 5.69 Å². The van der Waals surface area contributed by atoms with Crippen molar-refractivity contribution in [3.8, 4) is 0 Å². The Balaban J connectivity index is 2.01. The maximum atomic E-state index is 12.5. The molecule has 0 radical (unpaired) electrons. The van der Waals surface area contributed by atoms with Gasteiger partial charge < -0.3 is 5.32 Å². The number of nitrogens with zero attached hydrogens (tertiary/aromatic N) is 2. The molecule has 19 heavy (non-hydrogen) atoms. The van der Waals surface area contributed by atoms with Gasteiger partial charge in [0.05, 0.1) is 12.5 Å². The van der Waals surface area contributed by atoms with Crippen LogP contribution >= 0.6 is 0 Å². The molecule has 4 nitrogen and oxygen atoms in total. The highest BCUT2D eigenvalue weighted by atomic mass is 19.4. The van der Waals surface area contributed by atoms with Crippen molar-refractivity contribution < 1.29 is 18.0 Å². The van der Waals surface area contributed by atoms with Crippen molar-refractivity contribution in [1.82, 2.24) is 15.1 Å². The zero-order valence-corrected chi connectivity index (χ0v) is 10.8. The average molecular weight is 275 g/mol. The number of rotatable bonds is 4. The van der Waals surface area contributed by atoms with E-state index >= 15 is 0 Å². The number of halogens is 3. The molecule has 2 rings (SSSR count). The van der Waals surface area contributed by atoms with Crippen LogP contribution < -0.4 is 5.32 Å². The van der Waals surface area contributed by atoms with Crippen molar-refractivity contribution >= 4 is 5.91 Å². The standard InChI is InChI=1S/C12H16F3N3O/c1-7(11(19)16-9-3-4-9)6-18-8(2)5-10(17-18)12(13,14)15/h5,7,9H,3-4,6H2,1-2H3,(H,16,19). The molecule has 0 spiro atoms. The molecule has 1 fully saturated rings. The van der Waals surface area contributed by atoms with Gasteiger partial charge in [-0.1, -0.05) is 6.92 Å². The zero-order chi connectivity index (χ0) is 14.2. The van der Waals surface area contributed by atoms with Gasteiger partial charge in [-0.05, 0) is 25.8 Å². The number of alkyl halides is 3. The van der Waals surface area contributed by atoms with Crippen LogP contribution in [0.15, 0.2) is 6.07 Å². The Bertz CT molecular complexity index is 477. The van der Waals surface area contributed by atoms with Crippen molar-refractivity contribution in [3.05, 3.63) is 17.5 Å². The van der Waals surface area contributed by atoms with E-state index in [4.69, 9.17) is 0 Å². The van der Waals surface area contributed by atoms with E-state index in [2.05, 4.69) is 10.4 Å². The Morgan fingerprint density at radius 1 is 1.58 bits per heavy atom. The fraction of sp³-hybridized carbons (Fsp3) is 0.667. The van der Waals surface area contributed by atoms with Crippen LogP contribution in [0.4, 0.5) is 13.2 Å². The van der Waals surface area contributed by atoms with Crippen LogP contribution in [0.1, 0.15) is 31.2 Å². The highest BCUT2D eigenvalue weighted by molar-refractivity contribution is 5.78. The second-order valence-electron chi connectivity index (χ2n) is 5.03. The number of nitrogens with one attached hydrogen (secondary N) is 1. The third-order valence-electron chi connectivity index (χ3n) is 3.09. The summed E-state index contributed by atoms with van der Waals surface area (Å²) in [6.45, 7) is 3.39. The molecule has 1 atom stereocenters. The van der Waals surface area contributed by atoms with Gasteiger partial charge >= 0.3 is 6.18 Å². The van der Waals surface area contributed by atoms with Gasteiger partial charge in [0.15, 0.2) is 5.69 Å². The molecular weight excluding hydrogens is 259 g/mol. The summed E-state index contributed by atoms with van der Waals surface area (Å²) in [5.41, 5.74) is -0.516. The Labute approximate surface area is 109 Å². The van der Waals surface area contributed by atoms with Crippen LogP contribution in [0.3, 0.4) is 0 Å². The first-order valence-corrected chi connectivity index (χ1v) is 6.19. The quantitative estimate of drug-likeness (QED) is 0.915. The molecule has 1 N–H and O–H groups in total. The number of amides is 1. The molecule has 1 unspecified atom stereocenters. The summed E-state index contributed by atoms with van der Waals surface area (Å²) in [5.74, 6) is -0.536. The van der Waals surface area contributed by atoms with Gasteiger partial charge in [0.2, 0.25) is 5.91 Å². The Morgan fingerprint density at radius 3 is 2.68 bits per heavy atom. The van der Waals surface area contributed by atoms with E-state index in [0.717, 1.165) is 18.9 Å². The molecular formula is C12H16F3N3O. The highest BCUT2D eigenvalue weighted by Crippen LogP contribution is 2.28. The maximum absolute atomic E-state index is 12.5. The van der Waals surface area contributed by atoms with Crippen molar-refractivity contribution in [1.29, 1.82) is 0 Å². The normalized spacial score (nSPS) is 17.3. The van der Waals surface area contributed by atoms with Crippen LogP contribution in [0, 0.1) is 12.8 Å². The SMILES string of the molecule is Cc1cc(C(F)(F)F)nn1CC(C)C(=O)NC1CC1. The monoisotopic (exact) mass is 275 g/mol. The summed E-state index contributed by atoms with van der Waals surface area (Å²) in [7, 11) is 0. The lowest BCUT2D eigenvalue weighted by atomic mass is 10.1. The third-order valence-corrected chi connectivity index (χ3v) is 3.09. The van der Waals surface area contributed by atoms with Crippen LogP contribution in [0.25, 0.3) is 0 Å². The van der Waals surface area contributed by atoms with Gasteiger partial charge in [0.1, 0.15) is 0 Å². The fourth-order valence-electron chi connectivity index (χ4n) is 1.75. The molecule has 1 aromatic rings. The smallest absolute Gasteiger partial charge is 0.353 e. The molecule has 0 aliphatic heterocycles. The molecule has 1 aromatic heterocycles. The number of aryl methyl sites for hydroxylation is 1. The minimum Gasteiger partial charge on any atom is -0.353 e. The molecule has 0 bridgehead atoms. The van der Waals surface area contributed by atoms with Crippen molar-refractivity contribution in [2.45, 2.75) is 45.5 Å². The summed E-state index contributed by atoms with van der Waals surface area (Å²) in [4.78, 5) is 11.7. The van der Waals surface area contributed by atoms with E-state index in [9.17, 15) is 18.0 Å². The summed E-state index contributed by atoms with van der Waals surface area (Å²) < 4.78 is 38.7. The first-order chi connectivity index (χ1) is 8.77. The van der Waals surface area contributed by atoms with E-state index in [-0.39, 0.29) is 18.5 Å². The molecule has 1 heterocycles. The summed E-state index contributed by atoms with van der Waals surface area (Å²) in [5, 5.41) is 6.34. The van der Waals surface area contributed by atoms with Gasteiger partial charge in [-0.25, -0.2) is 0 Å². The van der Waals surface area contributed by atoms with Gasteiger partial charge in [-0.3, -0.25) is 9.48 Å². The van der Waals surface area contributed by atoms with Crippen LogP contribution in [0.2, 0.25) is 0 Å². The largest absolute Gasteiger partial charge is 0.435 e. The van der Waals surface area contributed by atoms with Gasteiger partial charge in [0, 0.05) is 11.7 Å². The van der Waals surface area contributed by atoms with Crippen LogP contribution in [-0.4, -0.2) is 21.7 Å². The minimum absolute atomic E-state index is 0.133. The number of hydrogen-bond acceptors (Lipinski definition) is 2. The van der Waals surface area contributed by atoms with Gasteiger partial charge in [-0.2, -0.15) is 18.3 Å². The lowest BCUT2D eigenvalue weighted by Gasteiger charge is -2.13. The Morgan fingerprint density at radius 2 is 2.21 bits per heavy atom. The number of hydrogen-bond donors (Lipinski definition) is 1. The van der Waals surface area contributed by atoms with E-state index in [1.165, 1.54) is 4.68 Å². The first-order valence-electron chi connectivity index (χ1n) is 6.19. The van der Waals surface area contributed by atoms with Crippen molar-refractivity contribution in [2.75, 3.05) is 0 Å². The van der Waals surface area contributed by atoms with Crippen molar-refractivity contribution in [2.24, 2.45) is 5.92 Å². The number of aromatic nitrogens is 2. The maximum Gasteiger partial charge on any atom is 0.435 e. The minimum atomic E-state index is -4.45. The van der Waals surface area contributed by atoms with Crippen LogP contribution in [0.5, 0.6) is 0 Å². The molecule has 1 aliphatic rings. The summed E-state index contributed by atoms with van der Waals surface area (Å²) >= 11 is 0. The molecule has 0 saturated heterocycles. The third kappa shape index (κ3) is 3.48. The Hall–Kier alpha value is -1.53. The van der Waals surface area contributed by atoms with Crippen molar-refractivity contribution in [3.63, 3.8) is 0 Å². The zero-order valence-electron chi connectivity index (χ0n) is 10.8. The Kier molecular flexibility index (Phi) is 3.56. The molecule has 106 valence electrons. The lowest BCUT2D eigenvalue weighted by Crippen LogP contribution is -2.33.